The number of fused-ring (bicyclic) bond motifs is 2. The summed E-state index contributed by atoms with van der Waals surface area (Å²) in [7, 11) is 1.52. The number of H-pyrrole nitrogens is 1. The fraction of sp³-hybridized carbons (Fsp3) is 0.233. The molecule has 3 heterocycles. The van der Waals surface area contributed by atoms with E-state index in [2.05, 4.69) is 10.3 Å². The molecule has 6 rings (SSSR count). The summed E-state index contributed by atoms with van der Waals surface area (Å²) in [6.45, 7) is 1.83. The van der Waals surface area contributed by atoms with Gasteiger partial charge < -0.3 is 14.8 Å². The van der Waals surface area contributed by atoms with E-state index in [9.17, 15) is 19.5 Å². The molecule has 0 saturated carbocycles. The van der Waals surface area contributed by atoms with Crippen molar-refractivity contribution in [1.82, 2.24) is 10.3 Å². The summed E-state index contributed by atoms with van der Waals surface area (Å²) in [5, 5.41) is 15.3. The van der Waals surface area contributed by atoms with E-state index in [1.165, 1.54) is 7.11 Å². The first-order valence-corrected chi connectivity index (χ1v) is 13.0. The third-order valence-corrected chi connectivity index (χ3v) is 8.47. The van der Waals surface area contributed by atoms with Gasteiger partial charge in [-0.3, -0.25) is 19.7 Å². The van der Waals surface area contributed by atoms with Crippen LogP contribution in [0.2, 0.25) is 5.02 Å². The highest BCUT2D eigenvalue weighted by atomic mass is 35.5. The molecule has 0 spiro atoms. The summed E-state index contributed by atoms with van der Waals surface area (Å²) in [6, 6.07) is 18.9. The minimum Gasteiger partial charge on any atom is -0.496 e. The van der Waals surface area contributed by atoms with Gasteiger partial charge >= 0.3 is 5.97 Å². The fourth-order valence-corrected chi connectivity index (χ4v) is 6.36. The standard InChI is InChI=1S/C30H26ClN3O5/c1-16-11-12-18(13-21(16)31)34-27(35)24-25(28(34)36)30(29(37)38,14-17-15-32-22-9-5-3-7-19(17)22)33-26(24)20-8-4-6-10-23(20)39-2/h3-13,15,24-26,32-33H,14H2,1-2H3,(H,37,38). The molecule has 2 aliphatic heterocycles. The highest BCUT2D eigenvalue weighted by molar-refractivity contribution is 6.32. The largest absolute Gasteiger partial charge is 0.496 e. The number of aromatic amines is 1. The molecule has 0 radical (unpaired) electrons. The number of carboxylic acids is 1. The Kier molecular flexibility index (Phi) is 5.97. The van der Waals surface area contributed by atoms with Gasteiger partial charge in [0, 0.05) is 40.1 Å². The van der Waals surface area contributed by atoms with Crippen molar-refractivity contribution < 1.29 is 24.2 Å². The number of nitrogens with one attached hydrogen (secondary N) is 2. The van der Waals surface area contributed by atoms with Gasteiger partial charge in [0.2, 0.25) is 11.8 Å². The molecular weight excluding hydrogens is 518 g/mol. The molecule has 2 saturated heterocycles. The number of anilines is 1. The van der Waals surface area contributed by atoms with Gasteiger partial charge in [-0.05, 0) is 42.3 Å². The zero-order valence-corrected chi connectivity index (χ0v) is 22.0. The topological polar surface area (TPSA) is 112 Å². The van der Waals surface area contributed by atoms with Crippen molar-refractivity contribution in [3.8, 4) is 5.75 Å². The van der Waals surface area contributed by atoms with Crippen molar-refractivity contribution in [3.63, 3.8) is 0 Å². The first-order valence-electron chi connectivity index (χ1n) is 12.6. The fourth-order valence-electron chi connectivity index (χ4n) is 6.18. The SMILES string of the molecule is COc1ccccc1C1NC(Cc2c[nH]c3ccccc23)(C(=O)O)C2C(=O)N(c3ccc(C)c(Cl)c3)C(=O)C12. The number of rotatable bonds is 6. The highest BCUT2D eigenvalue weighted by Gasteiger charge is 2.69. The zero-order valence-electron chi connectivity index (χ0n) is 21.3. The van der Waals surface area contributed by atoms with Crippen LogP contribution in [0.3, 0.4) is 0 Å². The predicted molar refractivity (Wildman–Crippen MR) is 147 cm³/mol. The minimum absolute atomic E-state index is 0.0132. The van der Waals surface area contributed by atoms with Crippen molar-refractivity contribution in [2.75, 3.05) is 12.0 Å². The second-order valence-corrected chi connectivity index (χ2v) is 10.5. The highest BCUT2D eigenvalue weighted by Crippen LogP contribution is 2.52. The molecule has 4 unspecified atom stereocenters. The lowest BCUT2D eigenvalue weighted by atomic mass is 9.76. The van der Waals surface area contributed by atoms with E-state index >= 15 is 0 Å². The lowest BCUT2D eigenvalue weighted by molar-refractivity contribution is -0.148. The number of aromatic nitrogens is 1. The Morgan fingerprint density at radius 3 is 2.56 bits per heavy atom. The van der Waals surface area contributed by atoms with Gasteiger partial charge in [-0.25, -0.2) is 4.90 Å². The summed E-state index contributed by atoms with van der Waals surface area (Å²) in [5.41, 5.74) is 1.55. The number of methoxy groups -OCH3 is 1. The number of para-hydroxylation sites is 2. The van der Waals surface area contributed by atoms with E-state index in [4.69, 9.17) is 16.3 Å². The van der Waals surface area contributed by atoms with Crippen LogP contribution in [0.15, 0.2) is 72.9 Å². The third kappa shape index (κ3) is 3.74. The molecule has 8 nitrogen and oxygen atoms in total. The van der Waals surface area contributed by atoms with E-state index in [1.54, 1.807) is 48.7 Å². The number of hydrogen-bond donors (Lipinski definition) is 3. The number of amides is 2. The summed E-state index contributed by atoms with van der Waals surface area (Å²) in [4.78, 5) is 45.8. The predicted octanol–water partition coefficient (Wildman–Crippen LogP) is 4.65. The molecule has 4 atom stereocenters. The van der Waals surface area contributed by atoms with Crippen molar-refractivity contribution >= 4 is 46.0 Å². The van der Waals surface area contributed by atoms with E-state index in [1.807, 2.05) is 31.2 Å². The van der Waals surface area contributed by atoms with Crippen LogP contribution in [-0.4, -0.2) is 40.5 Å². The quantitative estimate of drug-likeness (QED) is 0.305. The third-order valence-electron chi connectivity index (χ3n) is 8.07. The number of nitrogens with zero attached hydrogens (tertiary/aromatic N) is 1. The van der Waals surface area contributed by atoms with E-state index in [-0.39, 0.29) is 6.42 Å². The average Bonchev–Trinajstić information content (AvgIpc) is 3.58. The summed E-state index contributed by atoms with van der Waals surface area (Å²) < 4.78 is 5.58. The Bertz CT molecular complexity index is 1650. The smallest absolute Gasteiger partial charge is 0.325 e. The second kappa shape index (κ2) is 9.25. The number of carboxylic acid groups (broad SMARTS) is 1. The normalized spacial score (nSPS) is 24.4. The molecule has 198 valence electrons. The molecule has 0 aliphatic carbocycles. The number of carbonyl (C=O) groups is 3. The second-order valence-electron chi connectivity index (χ2n) is 10.1. The lowest BCUT2D eigenvalue weighted by Gasteiger charge is -2.31. The van der Waals surface area contributed by atoms with E-state index in [0.29, 0.717) is 22.0 Å². The molecule has 3 aromatic carbocycles. The molecule has 2 aliphatic rings. The molecule has 3 N–H and O–H groups in total. The van der Waals surface area contributed by atoms with Gasteiger partial charge in [-0.2, -0.15) is 0 Å². The van der Waals surface area contributed by atoms with Crippen LogP contribution in [0.1, 0.15) is 22.7 Å². The van der Waals surface area contributed by atoms with Crippen LogP contribution < -0.4 is 15.0 Å². The summed E-state index contributed by atoms with van der Waals surface area (Å²) in [6.07, 6.45) is 1.75. The Balaban J connectivity index is 1.53. The number of aryl methyl sites for hydroxylation is 1. The van der Waals surface area contributed by atoms with Crippen LogP contribution in [0.25, 0.3) is 10.9 Å². The molecular formula is C30H26ClN3O5. The maximum atomic E-state index is 14.2. The number of halogens is 1. The van der Waals surface area contributed by atoms with Crippen LogP contribution in [-0.2, 0) is 20.8 Å². The Morgan fingerprint density at radius 2 is 1.82 bits per heavy atom. The van der Waals surface area contributed by atoms with Crippen molar-refractivity contribution in [2.45, 2.75) is 24.9 Å². The molecule has 0 bridgehead atoms. The van der Waals surface area contributed by atoms with Gasteiger partial charge in [0.05, 0.1) is 24.6 Å². The maximum Gasteiger partial charge on any atom is 0.325 e. The van der Waals surface area contributed by atoms with Gasteiger partial charge in [-0.15, -0.1) is 0 Å². The number of ether oxygens (including phenoxy) is 1. The Hall–Kier alpha value is -4.14. The molecule has 2 amide bonds. The first-order chi connectivity index (χ1) is 18.8. The Labute approximate surface area is 229 Å². The summed E-state index contributed by atoms with van der Waals surface area (Å²) in [5.74, 6) is -3.90. The van der Waals surface area contributed by atoms with Crippen LogP contribution in [0, 0.1) is 18.8 Å². The minimum atomic E-state index is -1.77. The number of hydrogen-bond acceptors (Lipinski definition) is 5. The summed E-state index contributed by atoms with van der Waals surface area (Å²) >= 11 is 6.35. The maximum absolute atomic E-state index is 14.2. The van der Waals surface area contributed by atoms with Crippen molar-refractivity contribution in [2.24, 2.45) is 11.8 Å². The first kappa shape index (κ1) is 25.2. The lowest BCUT2D eigenvalue weighted by Crippen LogP contribution is -2.57. The number of carbonyl (C=O) groups excluding carboxylic acids is 2. The Morgan fingerprint density at radius 1 is 1.08 bits per heavy atom. The van der Waals surface area contributed by atoms with Crippen molar-refractivity contribution in [1.29, 1.82) is 0 Å². The van der Waals surface area contributed by atoms with Crippen LogP contribution in [0.5, 0.6) is 5.75 Å². The van der Waals surface area contributed by atoms with Crippen molar-refractivity contribution in [3.05, 3.63) is 94.6 Å². The van der Waals surface area contributed by atoms with E-state index < -0.39 is 41.2 Å². The number of aliphatic carboxylic acids is 1. The number of imide groups is 1. The van der Waals surface area contributed by atoms with Gasteiger partial charge in [0.15, 0.2) is 0 Å². The molecule has 39 heavy (non-hydrogen) atoms. The average molecular weight is 544 g/mol. The monoisotopic (exact) mass is 543 g/mol. The van der Waals surface area contributed by atoms with Gasteiger partial charge in [0.1, 0.15) is 11.3 Å². The van der Waals surface area contributed by atoms with Gasteiger partial charge in [-0.1, -0.05) is 54.1 Å². The number of benzene rings is 3. The molecule has 4 aromatic rings. The van der Waals surface area contributed by atoms with Crippen LogP contribution >= 0.6 is 11.6 Å². The molecule has 1 aromatic heterocycles. The van der Waals surface area contributed by atoms with E-state index in [0.717, 1.165) is 26.9 Å². The molecule has 2 fully saturated rings. The zero-order chi connectivity index (χ0) is 27.5. The molecule has 9 heteroatoms. The van der Waals surface area contributed by atoms with Gasteiger partial charge in [0.25, 0.3) is 0 Å². The van der Waals surface area contributed by atoms with Crippen LogP contribution in [0.4, 0.5) is 5.69 Å².